The Balaban J connectivity index is 2.01. The van der Waals surface area contributed by atoms with Gasteiger partial charge in [0, 0.05) is 11.6 Å². The molecule has 0 fully saturated rings. The quantitative estimate of drug-likeness (QED) is 0.879. The first kappa shape index (κ1) is 16.3. The van der Waals surface area contributed by atoms with Gasteiger partial charge in [-0.3, -0.25) is 4.79 Å². The zero-order valence-electron chi connectivity index (χ0n) is 13.1. The second-order valence-corrected chi connectivity index (χ2v) is 6.10. The molecule has 0 saturated carbocycles. The van der Waals surface area contributed by atoms with Crippen LogP contribution in [0.1, 0.15) is 45.8 Å². The molecule has 2 aromatic rings. The van der Waals surface area contributed by atoms with Gasteiger partial charge in [-0.05, 0) is 42.3 Å². The minimum atomic E-state index is -0.975. The Morgan fingerprint density at radius 3 is 2.58 bits per heavy atom. The summed E-state index contributed by atoms with van der Waals surface area (Å²) < 4.78 is 0. The van der Waals surface area contributed by atoms with Crippen LogP contribution in [-0.4, -0.2) is 28.4 Å². The van der Waals surface area contributed by atoms with Gasteiger partial charge in [0.25, 0.3) is 5.91 Å². The number of anilines is 1. The normalized spacial score (nSPS) is 16.5. The zero-order valence-corrected chi connectivity index (χ0v) is 13.9. The molecular formula is C18H17ClN2O3. The van der Waals surface area contributed by atoms with Gasteiger partial charge < -0.3 is 15.3 Å². The third-order valence-electron chi connectivity index (χ3n) is 4.01. The summed E-state index contributed by atoms with van der Waals surface area (Å²) in [7, 11) is 0. The van der Waals surface area contributed by atoms with E-state index in [9.17, 15) is 9.59 Å². The van der Waals surface area contributed by atoms with Crippen molar-refractivity contribution in [3.05, 3.63) is 64.2 Å². The molecular weight excluding hydrogens is 328 g/mol. The molecule has 24 heavy (non-hydrogen) atoms. The Morgan fingerprint density at radius 1 is 1.25 bits per heavy atom. The number of halogens is 1. The largest absolute Gasteiger partial charge is 0.478 e. The predicted octanol–water partition coefficient (Wildman–Crippen LogP) is 4.01. The van der Waals surface area contributed by atoms with Crippen LogP contribution in [-0.2, 0) is 0 Å². The van der Waals surface area contributed by atoms with Gasteiger partial charge in [0.2, 0.25) is 0 Å². The molecule has 1 aliphatic heterocycles. The van der Waals surface area contributed by atoms with Gasteiger partial charge in [-0.2, -0.15) is 0 Å². The van der Waals surface area contributed by atoms with Gasteiger partial charge in [0.05, 0.1) is 16.8 Å². The standard InChI is InChI=1S/C18H17ClN2O3/c1-2-9-21-16(11-3-5-12(6-4-11)18(23)24)20-15-10-13(19)7-8-14(15)17(21)22/h3-8,10,16,20H,2,9H2,1H3,(H,23,24). The Labute approximate surface area is 144 Å². The predicted molar refractivity (Wildman–Crippen MR) is 92.5 cm³/mol. The van der Waals surface area contributed by atoms with Gasteiger partial charge in [0.15, 0.2) is 0 Å². The molecule has 0 bridgehead atoms. The SMILES string of the molecule is CCCN1C(=O)c2ccc(Cl)cc2NC1c1ccc(C(=O)O)cc1. The van der Waals surface area contributed by atoms with Crippen molar-refractivity contribution >= 4 is 29.2 Å². The third kappa shape index (κ3) is 2.95. The molecule has 0 saturated heterocycles. The highest BCUT2D eigenvalue weighted by molar-refractivity contribution is 6.31. The van der Waals surface area contributed by atoms with Crippen LogP contribution in [0, 0.1) is 0 Å². The molecule has 1 atom stereocenters. The van der Waals surface area contributed by atoms with Crippen molar-refractivity contribution in [1.82, 2.24) is 4.90 Å². The van der Waals surface area contributed by atoms with Gasteiger partial charge in [0.1, 0.15) is 6.17 Å². The summed E-state index contributed by atoms with van der Waals surface area (Å²) in [5.41, 5.74) is 2.32. The molecule has 6 heteroatoms. The van der Waals surface area contributed by atoms with E-state index in [1.54, 1.807) is 47.4 Å². The van der Waals surface area contributed by atoms with Crippen LogP contribution in [0.5, 0.6) is 0 Å². The number of hydrogen-bond acceptors (Lipinski definition) is 3. The maximum atomic E-state index is 12.8. The lowest BCUT2D eigenvalue weighted by Crippen LogP contribution is -2.43. The molecule has 1 amide bonds. The minimum Gasteiger partial charge on any atom is -0.478 e. The number of carbonyl (C=O) groups is 2. The van der Waals surface area contributed by atoms with Gasteiger partial charge in [-0.25, -0.2) is 4.79 Å². The van der Waals surface area contributed by atoms with Gasteiger partial charge in [-0.1, -0.05) is 30.7 Å². The summed E-state index contributed by atoms with van der Waals surface area (Å²) in [6.45, 7) is 2.61. The number of carboxylic acid groups (broad SMARTS) is 1. The number of amides is 1. The summed E-state index contributed by atoms with van der Waals surface area (Å²) in [5, 5.41) is 12.9. The molecule has 1 heterocycles. The van der Waals surface area contributed by atoms with E-state index in [1.807, 2.05) is 6.92 Å². The third-order valence-corrected chi connectivity index (χ3v) is 4.25. The minimum absolute atomic E-state index is 0.0606. The van der Waals surface area contributed by atoms with Crippen molar-refractivity contribution in [2.24, 2.45) is 0 Å². The highest BCUT2D eigenvalue weighted by atomic mass is 35.5. The van der Waals surface area contributed by atoms with E-state index in [0.29, 0.717) is 22.8 Å². The first-order chi connectivity index (χ1) is 11.5. The molecule has 124 valence electrons. The fourth-order valence-electron chi connectivity index (χ4n) is 2.86. The second kappa shape index (κ2) is 6.53. The van der Waals surface area contributed by atoms with E-state index in [0.717, 1.165) is 12.0 Å². The van der Waals surface area contributed by atoms with Crippen molar-refractivity contribution in [1.29, 1.82) is 0 Å². The van der Waals surface area contributed by atoms with Crippen molar-refractivity contribution in [3.63, 3.8) is 0 Å². The van der Waals surface area contributed by atoms with Crippen LogP contribution in [0.4, 0.5) is 5.69 Å². The average Bonchev–Trinajstić information content (AvgIpc) is 2.57. The van der Waals surface area contributed by atoms with Crippen molar-refractivity contribution in [2.45, 2.75) is 19.5 Å². The summed E-state index contributed by atoms with van der Waals surface area (Å²) in [6.07, 6.45) is 0.464. The molecule has 0 aromatic heterocycles. The lowest BCUT2D eigenvalue weighted by atomic mass is 10.0. The first-order valence-electron chi connectivity index (χ1n) is 7.71. The van der Waals surface area contributed by atoms with E-state index in [2.05, 4.69) is 5.32 Å². The van der Waals surface area contributed by atoms with Gasteiger partial charge >= 0.3 is 5.97 Å². The van der Waals surface area contributed by atoms with E-state index >= 15 is 0 Å². The molecule has 0 radical (unpaired) electrons. The lowest BCUT2D eigenvalue weighted by Gasteiger charge is -2.38. The molecule has 0 spiro atoms. The van der Waals surface area contributed by atoms with Crippen LogP contribution in [0.25, 0.3) is 0 Å². The fraction of sp³-hybridized carbons (Fsp3) is 0.222. The van der Waals surface area contributed by atoms with Crippen LogP contribution in [0.15, 0.2) is 42.5 Å². The maximum absolute atomic E-state index is 12.8. The first-order valence-corrected chi connectivity index (χ1v) is 8.09. The number of carbonyl (C=O) groups excluding carboxylic acids is 1. The molecule has 1 aliphatic rings. The van der Waals surface area contributed by atoms with Crippen LogP contribution in [0.3, 0.4) is 0 Å². The number of nitrogens with zero attached hydrogens (tertiary/aromatic N) is 1. The van der Waals surface area contributed by atoms with Crippen molar-refractivity contribution in [2.75, 3.05) is 11.9 Å². The number of nitrogens with one attached hydrogen (secondary N) is 1. The Kier molecular flexibility index (Phi) is 4.44. The monoisotopic (exact) mass is 344 g/mol. The molecule has 1 unspecified atom stereocenters. The Morgan fingerprint density at radius 2 is 1.96 bits per heavy atom. The van der Waals surface area contributed by atoms with Gasteiger partial charge in [-0.15, -0.1) is 0 Å². The number of carboxylic acids is 1. The highest BCUT2D eigenvalue weighted by Gasteiger charge is 2.32. The molecule has 2 aromatic carbocycles. The Hall–Kier alpha value is -2.53. The molecule has 2 N–H and O–H groups in total. The summed E-state index contributed by atoms with van der Waals surface area (Å²) in [5.74, 6) is -1.04. The fourth-order valence-corrected chi connectivity index (χ4v) is 3.03. The topological polar surface area (TPSA) is 69.6 Å². The molecule has 5 nitrogen and oxygen atoms in total. The lowest BCUT2D eigenvalue weighted by molar-refractivity contribution is 0.0676. The van der Waals surface area contributed by atoms with Crippen LogP contribution in [0.2, 0.25) is 5.02 Å². The van der Waals surface area contributed by atoms with E-state index in [1.165, 1.54) is 0 Å². The van der Waals surface area contributed by atoms with Crippen molar-refractivity contribution in [3.8, 4) is 0 Å². The van der Waals surface area contributed by atoms with Crippen LogP contribution >= 0.6 is 11.6 Å². The van der Waals surface area contributed by atoms with Crippen LogP contribution < -0.4 is 5.32 Å². The highest BCUT2D eigenvalue weighted by Crippen LogP contribution is 2.34. The maximum Gasteiger partial charge on any atom is 0.335 e. The smallest absolute Gasteiger partial charge is 0.335 e. The molecule has 0 aliphatic carbocycles. The van der Waals surface area contributed by atoms with Crippen molar-refractivity contribution < 1.29 is 14.7 Å². The molecule has 3 rings (SSSR count). The van der Waals surface area contributed by atoms with E-state index in [-0.39, 0.29) is 17.6 Å². The number of benzene rings is 2. The summed E-state index contributed by atoms with van der Waals surface area (Å²) >= 11 is 6.04. The average molecular weight is 345 g/mol. The van der Waals surface area contributed by atoms with E-state index in [4.69, 9.17) is 16.7 Å². The zero-order chi connectivity index (χ0) is 17.3. The Bertz CT molecular complexity index is 789. The number of hydrogen-bond donors (Lipinski definition) is 2. The summed E-state index contributed by atoms with van der Waals surface area (Å²) in [4.78, 5) is 25.6. The number of rotatable bonds is 4. The second-order valence-electron chi connectivity index (χ2n) is 5.66. The summed E-state index contributed by atoms with van der Waals surface area (Å²) in [6, 6.07) is 11.7. The number of fused-ring (bicyclic) bond motifs is 1. The number of aromatic carboxylic acids is 1. The van der Waals surface area contributed by atoms with E-state index < -0.39 is 5.97 Å².